The van der Waals surface area contributed by atoms with Gasteiger partial charge in [0.05, 0.1) is 13.2 Å². The van der Waals surface area contributed by atoms with E-state index in [0.717, 1.165) is 39.1 Å². The lowest BCUT2D eigenvalue weighted by Crippen LogP contribution is -2.44. The standard InChI is InChI=1S/C9H15NO2/c11-5-1-3-10-4-2-9(6-10)7-12-8-9/h5H,1-4,6-8H2. The number of likely N-dealkylation sites (tertiary alicyclic amines) is 1. The highest BCUT2D eigenvalue weighted by Crippen LogP contribution is 2.37. The molecule has 0 aromatic heterocycles. The van der Waals surface area contributed by atoms with Gasteiger partial charge in [-0.25, -0.2) is 0 Å². The average Bonchev–Trinajstić information content (AvgIpc) is 2.44. The van der Waals surface area contributed by atoms with E-state index >= 15 is 0 Å². The minimum Gasteiger partial charge on any atom is -0.380 e. The first-order chi connectivity index (χ1) is 5.85. The number of carbonyl (C=O) groups is 1. The summed E-state index contributed by atoms with van der Waals surface area (Å²) in [6.07, 6.45) is 2.94. The Hall–Kier alpha value is -0.410. The fraction of sp³-hybridized carbons (Fsp3) is 0.889. The first-order valence-corrected chi connectivity index (χ1v) is 4.58. The summed E-state index contributed by atoms with van der Waals surface area (Å²) in [4.78, 5) is 12.5. The van der Waals surface area contributed by atoms with Crippen molar-refractivity contribution in [3.05, 3.63) is 0 Å². The van der Waals surface area contributed by atoms with Crippen molar-refractivity contribution in [2.75, 3.05) is 32.8 Å². The van der Waals surface area contributed by atoms with Gasteiger partial charge in [-0.15, -0.1) is 0 Å². The Morgan fingerprint density at radius 1 is 1.50 bits per heavy atom. The van der Waals surface area contributed by atoms with E-state index in [1.54, 1.807) is 0 Å². The second-order valence-corrected chi connectivity index (χ2v) is 3.97. The zero-order valence-electron chi connectivity index (χ0n) is 7.29. The van der Waals surface area contributed by atoms with E-state index in [1.165, 1.54) is 6.42 Å². The molecule has 12 heavy (non-hydrogen) atoms. The van der Waals surface area contributed by atoms with Crippen LogP contribution in [0.1, 0.15) is 12.8 Å². The van der Waals surface area contributed by atoms with Crippen LogP contribution in [0.5, 0.6) is 0 Å². The van der Waals surface area contributed by atoms with Crippen molar-refractivity contribution in [1.82, 2.24) is 4.90 Å². The van der Waals surface area contributed by atoms with Crippen molar-refractivity contribution in [1.29, 1.82) is 0 Å². The molecule has 0 unspecified atom stereocenters. The molecule has 1 spiro atoms. The number of ether oxygens (including phenoxy) is 1. The van der Waals surface area contributed by atoms with Crippen molar-refractivity contribution in [2.45, 2.75) is 12.8 Å². The Bertz CT molecular complexity index is 177. The Morgan fingerprint density at radius 3 is 2.83 bits per heavy atom. The molecule has 0 amide bonds. The zero-order valence-corrected chi connectivity index (χ0v) is 7.29. The van der Waals surface area contributed by atoms with E-state index in [4.69, 9.17) is 4.74 Å². The van der Waals surface area contributed by atoms with Crippen LogP contribution in [0.4, 0.5) is 0 Å². The lowest BCUT2D eigenvalue weighted by Gasteiger charge is -2.37. The lowest BCUT2D eigenvalue weighted by molar-refractivity contribution is -0.109. The first kappa shape index (κ1) is 8.20. The topological polar surface area (TPSA) is 29.5 Å². The predicted molar refractivity (Wildman–Crippen MR) is 45.0 cm³/mol. The van der Waals surface area contributed by atoms with E-state index in [-0.39, 0.29) is 0 Å². The molecule has 0 N–H and O–H groups in total. The van der Waals surface area contributed by atoms with Crippen LogP contribution in [0.3, 0.4) is 0 Å². The number of hydrogen-bond donors (Lipinski definition) is 0. The van der Waals surface area contributed by atoms with Gasteiger partial charge < -0.3 is 14.4 Å². The maximum atomic E-state index is 10.2. The van der Waals surface area contributed by atoms with Crippen LogP contribution in [0, 0.1) is 5.41 Å². The first-order valence-electron chi connectivity index (χ1n) is 4.58. The third-order valence-corrected chi connectivity index (χ3v) is 2.90. The third-order valence-electron chi connectivity index (χ3n) is 2.90. The number of nitrogens with zero attached hydrogens (tertiary/aromatic N) is 1. The third kappa shape index (κ3) is 1.39. The quantitative estimate of drug-likeness (QED) is 0.569. The molecule has 0 bridgehead atoms. The zero-order chi connectivity index (χ0) is 8.44. The normalized spacial score (nSPS) is 27.3. The molecule has 0 radical (unpaired) electrons. The van der Waals surface area contributed by atoms with Crippen LogP contribution in [-0.2, 0) is 9.53 Å². The summed E-state index contributed by atoms with van der Waals surface area (Å²) in [7, 11) is 0. The molecule has 2 rings (SSSR count). The average molecular weight is 169 g/mol. The molecular weight excluding hydrogens is 154 g/mol. The summed E-state index contributed by atoms with van der Waals surface area (Å²) in [5, 5.41) is 0. The van der Waals surface area contributed by atoms with Gasteiger partial charge in [0.25, 0.3) is 0 Å². The van der Waals surface area contributed by atoms with Crippen molar-refractivity contribution in [2.24, 2.45) is 5.41 Å². The minimum atomic E-state index is 0.475. The number of hydrogen-bond acceptors (Lipinski definition) is 3. The Labute approximate surface area is 72.7 Å². The number of aldehydes is 1. The van der Waals surface area contributed by atoms with Gasteiger partial charge >= 0.3 is 0 Å². The number of carbonyl (C=O) groups excluding carboxylic acids is 1. The summed E-state index contributed by atoms with van der Waals surface area (Å²) < 4.78 is 5.22. The van der Waals surface area contributed by atoms with Gasteiger partial charge in [-0.1, -0.05) is 0 Å². The van der Waals surface area contributed by atoms with Crippen molar-refractivity contribution in [3.8, 4) is 0 Å². The molecular formula is C9H15NO2. The molecule has 68 valence electrons. The van der Waals surface area contributed by atoms with Crippen LogP contribution >= 0.6 is 0 Å². The van der Waals surface area contributed by atoms with E-state index in [0.29, 0.717) is 11.8 Å². The van der Waals surface area contributed by atoms with Gasteiger partial charge in [-0.2, -0.15) is 0 Å². The van der Waals surface area contributed by atoms with E-state index < -0.39 is 0 Å². The smallest absolute Gasteiger partial charge is 0.121 e. The van der Waals surface area contributed by atoms with Crippen LogP contribution < -0.4 is 0 Å². The monoisotopic (exact) mass is 169 g/mol. The van der Waals surface area contributed by atoms with Gasteiger partial charge in [0.15, 0.2) is 0 Å². The fourth-order valence-corrected chi connectivity index (χ4v) is 2.08. The molecule has 3 heteroatoms. The SMILES string of the molecule is O=CCCN1CCC2(COC2)C1. The van der Waals surface area contributed by atoms with Crippen LogP contribution in [-0.4, -0.2) is 44.0 Å². The molecule has 2 aliphatic heterocycles. The predicted octanol–water partition coefficient (Wildman–Crippen LogP) is 0.298. The van der Waals surface area contributed by atoms with Crippen molar-refractivity contribution < 1.29 is 9.53 Å². The molecule has 0 saturated carbocycles. The van der Waals surface area contributed by atoms with Gasteiger partial charge in [-0.05, 0) is 13.0 Å². The highest BCUT2D eigenvalue weighted by molar-refractivity contribution is 5.49. The summed E-state index contributed by atoms with van der Waals surface area (Å²) in [5.41, 5.74) is 0.475. The van der Waals surface area contributed by atoms with Gasteiger partial charge in [0.1, 0.15) is 6.29 Å². The van der Waals surface area contributed by atoms with Gasteiger partial charge in [0, 0.05) is 24.9 Å². The van der Waals surface area contributed by atoms with E-state index in [9.17, 15) is 4.79 Å². The van der Waals surface area contributed by atoms with Crippen LogP contribution in [0.25, 0.3) is 0 Å². The Balaban J connectivity index is 1.77. The van der Waals surface area contributed by atoms with Gasteiger partial charge in [0.2, 0.25) is 0 Å². The molecule has 0 atom stereocenters. The molecule has 2 saturated heterocycles. The highest BCUT2D eigenvalue weighted by Gasteiger charge is 2.43. The van der Waals surface area contributed by atoms with Crippen LogP contribution in [0.15, 0.2) is 0 Å². The molecule has 0 aliphatic carbocycles. The summed E-state index contributed by atoms with van der Waals surface area (Å²) in [5.74, 6) is 0. The Kier molecular flexibility index (Phi) is 2.15. The molecule has 3 nitrogen and oxygen atoms in total. The maximum absolute atomic E-state index is 10.2. The Morgan fingerprint density at radius 2 is 2.33 bits per heavy atom. The van der Waals surface area contributed by atoms with E-state index in [1.807, 2.05) is 0 Å². The van der Waals surface area contributed by atoms with Crippen molar-refractivity contribution in [3.63, 3.8) is 0 Å². The van der Waals surface area contributed by atoms with Crippen LogP contribution in [0.2, 0.25) is 0 Å². The largest absolute Gasteiger partial charge is 0.380 e. The molecule has 2 fully saturated rings. The summed E-state index contributed by atoms with van der Waals surface area (Å²) in [6.45, 7) is 5.10. The second-order valence-electron chi connectivity index (χ2n) is 3.97. The molecule has 2 heterocycles. The highest BCUT2D eigenvalue weighted by atomic mass is 16.5. The maximum Gasteiger partial charge on any atom is 0.121 e. The number of rotatable bonds is 3. The molecule has 0 aromatic carbocycles. The molecule has 2 aliphatic rings. The fourth-order valence-electron chi connectivity index (χ4n) is 2.08. The molecule has 0 aromatic rings. The van der Waals surface area contributed by atoms with E-state index in [2.05, 4.69) is 4.90 Å². The van der Waals surface area contributed by atoms with Crippen molar-refractivity contribution >= 4 is 6.29 Å². The lowest BCUT2D eigenvalue weighted by atomic mass is 9.85. The van der Waals surface area contributed by atoms with Gasteiger partial charge in [-0.3, -0.25) is 0 Å². The minimum absolute atomic E-state index is 0.475. The summed E-state index contributed by atoms with van der Waals surface area (Å²) in [6, 6.07) is 0. The summed E-state index contributed by atoms with van der Waals surface area (Å²) >= 11 is 0. The second kappa shape index (κ2) is 3.15.